The minimum Gasteiger partial charge on any atom is -0.489 e. The first-order valence-electron chi connectivity index (χ1n) is 6.13. The fraction of sp³-hybridized carbons (Fsp3) is 0.250. The number of ether oxygens (including phenoxy) is 1. The summed E-state index contributed by atoms with van der Waals surface area (Å²) in [7, 11) is 0. The third-order valence-electron chi connectivity index (χ3n) is 3.05. The molecule has 0 aliphatic rings. The molecule has 0 radical (unpaired) electrons. The van der Waals surface area contributed by atoms with E-state index in [4.69, 9.17) is 16.3 Å². The molecule has 100 valence electrons. The van der Waals surface area contributed by atoms with Gasteiger partial charge in [-0.3, -0.25) is 0 Å². The first kappa shape index (κ1) is 13.9. The Morgan fingerprint density at radius 1 is 1.05 bits per heavy atom. The Labute approximate surface area is 118 Å². The molecule has 0 N–H and O–H groups in total. The lowest BCUT2D eigenvalue weighted by atomic mass is 10.1. The van der Waals surface area contributed by atoms with Crippen LogP contribution < -0.4 is 4.74 Å². The molecule has 0 saturated heterocycles. The van der Waals surface area contributed by atoms with Gasteiger partial charge in [0, 0.05) is 5.56 Å². The predicted octanol–water partition coefficient (Wildman–Crippen LogP) is 4.76. The molecule has 2 rings (SSSR count). The molecular formula is C16H16ClFO. The van der Waals surface area contributed by atoms with E-state index in [1.807, 2.05) is 32.0 Å². The summed E-state index contributed by atoms with van der Waals surface area (Å²) in [6, 6.07) is 10.6. The summed E-state index contributed by atoms with van der Waals surface area (Å²) >= 11 is 5.91. The monoisotopic (exact) mass is 278 g/mol. The number of rotatable bonds is 4. The van der Waals surface area contributed by atoms with Crippen molar-refractivity contribution < 1.29 is 9.13 Å². The van der Waals surface area contributed by atoms with E-state index < -0.39 is 0 Å². The van der Waals surface area contributed by atoms with Gasteiger partial charge in [-0.25, -0.2) is 4.39 Å². The van der Waals surface area contributed by atoms with Crippen LogP contribution in [0.4, 0.5) is 4.39 Å². The summed E-state index contributed by atoms with van der Waals surface area (Å²) in [5, 5.41) is 0. The highest BCUT2D eigenvalue weighted by atomic mass is 35.5. The van der Waals surface area contributed by atoms with E-state index in [9.17, 15) is 4.39 Å². The highest BCUT2D eigenvalue weighted by Gasteiger charge is 2.05. The molecule has 3 heteroatoms. The number of halogens is 2. The maximum atomic E-state index is 13.0. The second-order valence-corrected chi connectivity index (χ2v) is 4.87. The van der Waals surface area contributed by atoms with Gasteiger partial charge in [0.1, 0.15) is 18.2 Å². The predicted molar refractivity (Wildman–Crippen MR) is 76.2 cm³/mol. The van der Waals surface area contributed by atoms with Crippen molar-refractivity contribution in [1.82, 2.24) is 0 Å². The number of hydrogen-bond donors (Lipinski definition) is 0. The van der Waals surface area contributed by atoms with Crippen LogP contribution >= 0.6 is 11.6 Å². The van der Waals surface area contributed by atoms with E-state index in [1.165, 1.54) is 12.1 Å². The smallest absolute Gasteiger partial charge is 0.124 e. The Morgan fingerprint density at radius 3 is 2.53 bits per heavy atom. The molecule has 0 aromatic heterocycles. The third kappa shape index (κ3) is 3.48. The first-order chi connectivity index (χ1) is 9.10. The summed E-state index contributed by atoms with van der Waals surface area (Å²) in [5.41, 5.74) is 3.99. The molecule has 0 atom stereocenters. The van der Waals surface area contributed by atoms with Crippen LogP contribution in [-0.4, -0.2) is 0 Å². The molecular weight excluding hydrogens is 263 g/mol. The molecule has 1 nitrogen and oxygen atoms in total. The average Bonchev–Trinajstić information content (AvgIpc) is 2.39. The quantitative estimate of drug-likeness (QED) is 0.733. The number of alkyl halides is 1. The van der Waals surface area contributed by atoms with Gasteiger partial charge in [-0.05, 0) is 43.2 Å². The Bertz CT molecular complexity index is 581. The molecule has 19 heavy (non-hydrogen) atoms. The summed E-state index contributed by atoms with van der Waals surface area (Å²) in [6.07, 6.45) is 0. The summed E-state index contributed by atoms with van der Waals surface area (Å²) in [6.45, 7) is 4.31. The van der Waals surface area contributed by atoms with Crippen LogP contribution in [0.2, 0.25) is 0 Å². The van der Waals surface area contributed by atoms with Crippen LogP contribution in [-0.2, 0) is 12.5 Å². The van der Waals surface area contributed by atoms with Crippen molar-refractivity contribution in [3.8, 4) is 5.75 Å². The van der Waals surface area contributed by atoms with Gasteiger partial charge in [0.15, 0.2) is 0 Å². The fourth-order valence-electron chi connectivity index (χ4n) is 1.93. The summed E-state index contributed by atoms with van der Waals surface area (Å²) in [4.78, 5) is 0. The lowest BCUT2D eigenvalue weighted by Crippen LogP contribution is -2.00. The zero-order valence-electron chi connectivity index (χ0n) is 11.0. The lowest BCUT2D eigenvalue weighted by Gasteiger charge is -2.12. The van der Waals surface area contributed by atoms with E-state index in [-0.39, 0.29) is 5.82 Å². The molecule has 2 aromatic carbocycles. The van der Waals surface area contributed by atoms with Gasteiger partial charge in [0.2, 0.25) is 0 Å². The van der Waals surface area contributed by atoms with Gasteiger partial charge in [0.25, 0.3) is 0 Å². The van der Waals surface area contributed by atoms with Crippen LogP contribution in [0.3, 0.4) is 0 Å². The van der Waals surface area contributed by atoms with Crippen molar-refractivity contribution in [2.75, 3.05) is 0 Å². The number of hydrogen-bond acceptors (Lipinski definition) is 1. The topological polar surface area (TPSA) is 9.23 Å². The zero-order valence-corrected chi connectivity index (χ0v) is 11.8. The van der Waals surface area contributed by atoms with Gasteiger partial charge in [0.05, 0.1) is 5.88 Å². The maximum absolute atomic E-state index is 13.0. The van der Waals surface area contributed by atoms with Crippen LogP contribution in [0.5, 0.6) is 5.75 Å². The van der Waals surface area contributed by atoms with Crippen molar-refractivity contribution in [3.05, 3.63) is 64.5 Å². The van der Waals surface area contributed by atoms with E-state index in [2.05, 4.69) is 0 Å². The standard InChI is InChI=1S/C16H16ClFO/c1-11-3-6-16(14(7-11)9-17)19-10-13-4-5-15(18)8-12(13)2/h3-8H,9-10H2,1-2H3. The van der Waals surface area contributed by atoms with Gasteiger partial charge in [-0.15, -0.1) is 11.6 Å². The lowest BCUT2D eigenvalue weighted by molar-refractivity contribution is 0.303. The van der Waals surface area contributed by atoms with Crippen molar-refractivity contribution in [2.24, 2.45) is 0 Å². The molecule has 0 aliphatic heterocycles. The van der Waals surface area contributed by atoms with Gasteiger partial charge in [-0.2, -0.15) is 0 Å². The molecule has 0 heterocycles. The average molecular weight is 279 g/mol. The Kier molecular flexibility index (Phi) is 4.43. The maximum Gasteiger partial charge on any atom is 0.124 e. The van der Waals surface area contributed by atoms with Crippen LogP contribution in [0, 0.1) is 19.7 Å². The first-order valence-corrected chi connectivity index (χ1v) is 6.67. The summed E-state index contributed by atoms with van der Waals surface area (Å²) < 4.78 is 18.8. The van der Waals surface area contributed by atoms with Gasteiger partial charge >= 0.3 is 0 Å². The van der Waals surface area contributed by atoms with Crippen LogP contribution in [0.15, 0.2) is 36.4 Å². The van der Waals surface area contributed by atoms with Crippen molar-refractivity contribution in [1.29, 1.82) is 0 Å². The largest absolute Gasteiger partial charge is 0.489 e. The Morgan fingerprint density at radius 2 is 1.84 bits per heavy atom. The normalized spacial score (nSPS) is 10.5. The second kappa shape index (κ2) is 6.07. The van der Waals surface area contributed by atoms with Crippen molar-refractivity contribution >= 4 is 11.6 Å². The second-order valence-electron chi connectivity index (χ2n) is 4.60. The molecule has 2 aromatic rings. The molecule has 0 amide bonds. The Hall–Kier alpha value is -1.54. The molecule has 0 fully saturated rings. The van der Waals surface area contributed by atoms with Gasteiger partial charge in [-0.1, -0.05) is 23.8 Å². The molecule has 0 aliphatic carbocycles. The molecule has 0 spiro atoms. The fourth-order valence-corrected chi connectivity index (χ4v) is 2.14. The number of aryl methyl sites for hydroxylation is 2. The van der Waals surface area contributed by atoms with E-state index in [0.717, 1.165) is 28.0 Å². The van der Waals surface area contributed by atoms with Crippen LogP contribution in [0.1, 0.15) is 22.3 Å². The minimum atomic E-state index is -0.224. The third-order valence-corrected chi connectivity index (χ3v) is 3.34. The molecule has 0 unspecified atom stereocenters. The highest BCUT2D eigenvalue weighted by Crippen LogP contribution is 2.23. The molecule has 0 saturated carbocycles. The Balaban J connectivity index is 2.14. The highest BCUT2D eigenvalue weighted by molar-refractivity contribution is 6.17. The summed E-state index contributed by atoms with van der Waals surface area (Å²) in [5.74, 6) is 0.974. The molecule has 0 bridgehead atoms. The van der Waals surface area contributed by atoms with Gasteiger partial charge < -0.3 is 4.74 Å². The van der Waals surface area contributed by atoms with Crippen molar-refractivity contribution in [3.63, 3.8) is 0 Å². The number of benzene rings is 2. The SMILES string of the molecule is Cc1ccc(OCc2ccc(F)cc2C)c(CCl)c1. The van der Waals surface area contributed by atoms with E-state index >= 15 is 0 Å². The minimum absolute atomic E-state index is 0.224. The van der Waals surface area contributed by atoms with E-state index in [0.29, 0.717) is 12.5 Å². The van der Waals surface area contributed by atoms with E-state index in [1.54, 1.807) is 6.07 Å². The van der Waals surface area contributed by atoms with Crippen LogP contribution in [0.25, 0.3) is 0 Å². The van der Waals surface area contributed by atoms with Crippen molar-refractivity contribution in [2.45, 2.75) is 26.3 Å². The zero-order chi connectivity index (χ0) is 13.8.